The molecule has 2 aromatic rings. The molecule has 1 atom stereocenters. The summed E-state index contributed by atoms with van der Waals surface area (Å²) >= 11 is 4.98. The van der Waals surface area contributed by atoms with Gasteiger partial charge in [0.05, 0.1) is 23.1 Å². The van der Waals surface area contributed by atoms with Crippen LogP contribution in [-0.4, -0.2) is 38.9 Å². The fourth-order valence-corrected chi connectivity index (χ4v) is 3.72. The van der Waals surface area contributed by atoms with Gasteiger partial charge in [-0.3, -0.25) is 9.48 Å². The van der Waals surface area contributed by atoms with E-state index in [0.29, 0.717) is 13.1 Å². The summed E-state index contributed by atoms with van der Waals surface area (Å²) in [5, 5.41) is 14.3. The summed E-state index contributed by atoms with van der Waals surface area (Å²) in [6.07, 6.45) is 7.17. The van der Waals surface area contributed by atoms with Gasteiger partial charge in [-0.25, -0.2) is 4.98 Å². The number of hydrogen-bond acceptors (Lipinski definition) is 5. The van der Waals surface area contributed by atoms with Crippen LogP contribution in [0.1, 0.15) is 17.7 Å². The number of hydrogen-bond donors (Lipinski definition) is 1. The second-order valence-corrected chi connectivity index (χ2v) is 7.10. The van der Waals surface area contributed by atoms with Crippen molar-refractivity contribution in [1.82, 2.24) is 14.8 Å². The normalized spacial score (nSPS) is 18.9. The Morgan fingerprint density at radius 2 is 2.38 bits per heavy atom. The van der Waals surface area contributed by atoms with Crippen molar-refractivity contribution in [2.75, 3.05) is 18.0 Å². The summed E-state index contributed by atoms with van der Waals surface area (Å²) in [5.74, 6) is -0.994. The van der Waals surface area contributed by atoms with Gasteiger partial charge < -0.3 is 10.0 Å². The van der Waals surface area contributed by atoms with Crippen LogP contribution in [0, 0.1) is 5.92 Å². The van der Waals surface area contributed by atoms with E-state index in [0.717, 1.165) is 33.9 Å². The number of thiazole rings is 1. The Kier molecular flexibility index (Phi) is 4.25. The van der Waals surface area contributed by atoms with Crippen molar-refractivity contribution in [3.8, 4) is 0 Å². The van der Waals surface area contributed by atoms with Crippen LogP contribution in [0.5, 0.6) is 0 Å². The number of piperidine rings is 1. The van der Waals surface area contributed by atoms with Crippen molar-refractivity contribution in [2.45, 2.75) is 19.4 Å². The first-order valence-electron chi connectivity index (χ1n) is 6.72. The van der Waals surface area contributed by atoms with Crippen molar-refractivity contribution >= 4 is 38.4 Å². The zero-order valence-electron chi connectivity index (χ0n) is 11.3. The molecule has 1 aliphatic heterocycles. The third kappa shape index (κ3) is 3.44. The molecule has 3 heterocycles. The van der Waals surface area contributed by atoms with Gasteiger partial charge in [0.15, 0.2) is 5.13 Å². The lowest BCUT2D eigenvalue weighted by molar-refractivity contribution is -0.141. The van der Waals surface area contributed by atoms with Crippen molar-refractivity contribution in [1.29, 1.82) is 0 Å². The lowest BCUT2D eigenvalue weighted by Gasteiger charge is -2.30. The predicted octanol–water partition coefficient (Wildman–Crippen LogP) is 2.45. The smallest absolute Gasteiger partial charge is 0.308 e. The highest BCUT2D eigenvalue weighted by atomic mass is 79.9. The first-order valence-corrected chi connectivity index (χ1v) is 8.33. The number of nitrogens with zero attached hydrogens (tertiary/aromatic N) is 4. The van der Waals surface area contributed by atoms with Gasteiger partial charge >= 0.3 is 5.97 Å². The Morgan fingerprint density at radius 3 is 3.10 bits per heavy atom. The maximum atomic E-state index is 11.1. The minimum atomic E-state index is -0.710. The van der Waals surface area contributed by atoms with E-state index in [1.807, 2.05) is 17.1 Å². The van der Waals surface area contributed by atoms with Crippen LogP contribution >= 0.6 is 27.3 Å². The molecule has 8 heteroatoms. The molecule has 1 N–H and O–H groups in total. The van der Waals surface area contributed by atoms with Crippen molar-refractivity contribution < 1.29 is 9.90 Å². The second kappa shape index (κ2) is 6.15. The molecular formula is C13H15BrN4O2S. The number of carbonyl (C=O) groups is 1. The van der Waals surface area contributed by atoms with Gasteiger partial charge in [-0.05, 0) is 28.8 Å². The fourth-order valence-electron chi connectivity index (χ4n) is 2.45. The largest absolute Gasteiger partial charge is 0.481 e. The lowest BCUT2D eigenvalue weighted by atomic mass is 9.99. The summed E-state index contributed by atoms with van der Waals surface area (Å²) < 4.78 is 2.80. The van der Waals surface area contributed by atoms with E-state index in [4.69, 9.17) is 5.11 Å². The number of rotatable bonds is 4. The number of carboxylic acid groups (broad SMARTS) is 1. The number of halogens is 1. The highest BCUT2D eigenvalue weighted by molar-refractivity contribution is 9.10. The van der Waals surface area contributed by atoms with Crippen LogP contribution in [-0.2, 0) is 11.3 Å². The first-order chi connectivity index (χ1) is 10.1. The summed E-state index contributed by atoms with van der Waals surface area (Å²) in [6.45, 7) is 2.11. The van der Waals surface area contributed by atoms with Crippen LogP contribution in [0.25, 0.3) is 0 Å². The van der Waals surface area contributed by atoms with E-state index in [-0.39, 0.29) is 5.92 Å². The lowest BCUT2D eigenvalue weighted by Crippen LogP contribution is -2.38. The van der Waals surface area contributed by atoms with Crippen molar-refractivity contribution in [2.24, 2.45) is 5.92 Å². The molecule has 3 rings (SSSR count). The van der Waals surface area contributed by atoms with Crippen LogP contribution < -0.4 is 4.90 Å². The Hall–Kier alpha value is -1.41. The maximum Gasteiger partial charge on any atom is 0.308 e. The third-order valence-electron chi connectivity index (χ3n) is 3.50. The molecule has 21 heavy (non-hydrogen) atoms. The first kappa shape index (κ1) is 14.5. The average Bonchev–Trinajstić information content (AvgIpc) is 3.09. The predicted molar refractivity (Wildman–Crippen MR) is 83.7 cm³/mol. The van der Waals surface area contributed by atoms with E-state index in [1.165, 1.54) is 0 Å². The van der Waals surface area contributed by atoms with Crippen molar-refractivity contribution in [3.05, 3.63) is 27.9 Å². The Balaban J connectivity index is 1.68. The fraction of sp³-hybridized carbons (Fsp3) is 0.462. The molecule has 1 fully saturated rings. The highest BCUT2D eigenvalue weighted by Crippen LogP contribution is 2.28. The van der Waals surface area contributed by atoms with Gasteiger partial charge in [-0.15, -0.1) is 0 Å². The summed E-state index contributed by atoms with van der Waals surface area (Å²) in [5.41, 5.74) is 0. The highest BCUT2D eigenvalue weighted by Gasteiger charge is 2.26. The monoisotopic (exact) mass is 370 g/mol. The molecule has 0 saturated carbocycles. The van der Waals surface area contributed by atoms with Gasteiger partial charge in [-0.2, -0.15) is 5.10 Å². The molecule has 0 spiro atoms. The Labute approximate surface area is 134 Å². The average molecular weight is 371 g/mol. The number of anilines is 1. The molecule has 1 saturated heterocycles. The van der Waals surface area contributed by atoms with E-state index in [2.05, 4.69) is 30.9 Å². The van der Waals surface area contributed by atoms with Gasteiger partial charge in [-0.1, -0.05) is 11.3 Å². The maximum absolute atomic E-state index is 11.1. The van der Waals surface area contributed by atoms with E-state index in [9.17, 15) is 4.79 Å². The minimum absolute atomic E-state index is 0.284. The van der Waals surface area contributed by atoms with E-state index in [1.54, 1.807) is 17.5 Å². The van der Waals surface area contributed by atoms with Gasteiger partial charge in [0.1, 0.15) is 0 Å². The van der Waals surface area contributed by atoms with Gasteiger partial charge in [0.2, 0.25) is 0 Å². The third-order valence-corrected chi connectivity index (χ3v) is 4.95. The van der Waals surface area contributed by atoms with Gasteiger partial charge in [0.25, 0.3) is 0 Å². The number of carboxylic acids is 1. The van der Waals surface area contributed by atoms with Crippen molar-refractivity contribution in [3.63, 3.8) is 0 Å². The standard InChI is InChI=1S/C13H15BrN4O2S/c14-10-4-16-18(7-10)8-11-5-15-13(21-11)17-3-1-2-9(6-17)12(19)20/h4-5,7,9H,1-3,6,8H2,(H,19,20). The molecule has 1 unspecified atom stereocenters. The van der Waals surface area contributed by atoms with Gasteiger partial charge in [0, 0.05) is 30.4 Å². The molecule has 0 bridgehead atoms. The number of aliphatic carboxylic acids is 1. The Morgan fingerprint density at radius 1 is 1.52 bits per heavy atom. The number of aromatic nitrogens is 3. The molecule has 6 nitrogen and oxygen atoms in total. The second-order valence-electron chi connectivity index (χ2n) is 5.09. The molecule has 0 aliphatic carbocycles. The molecule has 0 aromatic carbocycles. The summed E-state index contributed by atoms with van der Waals surface area (Å²) in [4.78, 5) is 18.7. The quantitative estimate of drug-likeness (QED) is 0.894. The minimum Gasteiger partial charge on any atom is -0.481 e. The van der Waals surface area contributed by atoms with Crippen LogP contribution in [0.4, 0.5) is 5.13 Å². The van der Waals surface area contributed by atoms with Crippen LogP contribution in [0.3, 0.4) is 0 Å². The molecule has 2 aromatic heterocycles. The van der Waals surface area contributed by atoms with E-state index >= 15 is 0 Å². The Bertz CT molecular complexity index is 642. The SMILES string of the molecule is O=C(O)C1CCCN(c2ncc(Cn3cc(Br)cn3)s2)C1. The summed E-state index contributed by atoms with van der Waals surface area (Å²) in [6, 6.07) is 0. The topological polar surface area (TPSA) is 71.2 Å². The zero-order chi connectivity index (χ0) is 14.8. The molecule has 112 valence electrons. The molecular weight excluding hydrogens is 356 g/mol. The van der Waals surface area contributed by atoms with Crippen LogP contribution in [0.2, 0.25) is 0 Å². The molecule has 0 amide bonds. The summed E-state index contributed by atoms with van der Waals surface area (Å²) in [7, 11) is 0. The molecule has 0 radical (unpaired) electrons. The molecule has 1 aliphatic rings. The van der Waals surface area contributed by atoms with Crippen LogP contribution in [0.15, 0.2) is 23.1 Å². The zero-order valence-corrected chi connectivity index (χ0v) is 13.7. The van der Waals surface area contributed by atoms with E-state index < -0.39 is 5.97 Å².